The number of nitrogens with zero attached hydrogens (tertiary/aromatic N) is 3. The number of hydrogen-bond donors (Lipinski definition) is 1. The van der Waals surface area contributed by atoms with E-state index in [2.05, 4.69) is 30.8 Å². The molecule has 0 radical (unpaired) electrons. The van der Waals surface area contributed by atoms with Crippen molar-refractivity contribution in [3.05, 3.63) is 29.1 Å². The van der Waals surface area contributed by atoms with Crippen molar-refractivity contribution in [3.63, 3.8) is 0 Å². The molecule has 3 rings (SSSR count). The SMILES string of the molecule is NCC1CCCN(c2nccc(-c3ccc(Br)o3)n2)C1. The van der Waals surface area contributed by atoms with Crippen LogP contribution < -0.4 is 10.6 Å². The lowest BCUT2D eigenvalue weighted by Gasteiger charge is -2.32. The highest BCUT2D eigenvalue weighted by molar-refractivity contribution is 9.10. The molecule has 0 spiro atoms. The van der Waals surface area contributed by atoms with Crippen LogP contribution in [0.15, 0.2) is 33.5 Å². The maximum absolute atomic E-state index is 5.78. The van der Waals surface area contributed by atoms with Crippen LogP contribution in [0, 0.1) is 5.92 Å². The van der Waals surface area contributed by atoms with Gasteiger partial charge < -0.3 is 15.1 Å². The Labute approximate surface area is 126 Å². The van der Waals surface area contributed by atoms with Crippen LogP contribution in [-0.2, 0) is 0 Å². The smallest absolute Gasteiger partial charge is 0.225 e. The van der Waals surface area contributed by atoms with Crippen molar-refractivity contribution < 1.29 is 4.42 Å². The Balaban J connectivity index is 1.84. The molecule has 2 N–H and O–H groups in total. The first-order valence-corrected chi connectivity index (χ1v) is 7.59. The molecule has 6 heteroatoms. The average molecular weight is 337 g/mol. The molecule has 3 heterocycles. The zero-order valence-corrected chi connectivity index (χ0v) is 12.7. The van der Waals surface area contributed by atoms with Crippen LogP contribution in [-0.4, -0.2) is 29.6 Å². The van der Waals surface area contributed by atoms with Crippen molar-refractivity contribution >= 4 is 21.9 Å². The van der Waals surface area contributed by atoms with Gasteiger partial charge in [0.15, 0.2) is 10.4 Å². The van der Waals surface area contributed by atoms with Crippen molar-refractivity contribution in [1.82, 2.24) is 9.97 Å². The van der Waals surface area contributed by atoms with Gasteiger partial charge in [-0.3, -0.25) is 0 Å². The molecular formula is C14H17BrN4O. The standard InChI is InChI=1S/C14H17BrN4O/c15-13-4-3-12(20-13)11-5-6-17-14(18-11)19-7-1-2-10(8-16)9-19/h3-6,10H,1-2,7-9,16H2. The monoisotopic (exact) mass is 336 g/mol. The predicted octanol–water partition coefficient (Wildman–Crippen LogP) is 2.67. The van der Waals surface area contributed by atoms with Gasteiger partial charge in [0.2, 0.25) is 5.95 Å². The van der Waals surface area contributed by atoms with Crippen molar-refractivity contribution in [2.75, 3.05) is 24.5 Å². The molecule has 2 aromatic rings. The molecule has 0 aromatic carbocycles. The van der Waals surface area contributed by atoms with E-state index in [-0.39, 0.29) is 0 Å². The summed E-state index contributed by atoms with van der Waals surface area (Å²) in [6.45, 7) is 2.64. The molecule has 0 bridgehead atoms. The highest BCUT2D eigenvalue weighted by Gasteiger charge is 2.21. The molecular weight excluding hydrogens is 320 g/mol. The Morgan fingerprint density at radius 3 is 3.05 bits per heavy atom. The molecule has 1 atom stereocenters. The number of anilines is 1. The van der Waals surface area contributed by atoms with Gasteiger partial charge in [-0.25, -0.2) is 9.97 Å². The number of hydrogen-bond acceptors (Lipinski definition) is 5. The van der Waals surface area contributed by atoms with Gasteiger partial charge in [-0.15, -0.1) is 0 Å². The van der Waals surface area contributed by atoms with E-state index in [9.17, 15) is 0 Å². The van der Waals surface area contributed by atoms with E-state index >= 15 is 0 Å². The topological polar surface area (TPSA) is 68.2 Å². The zero-order chi connectivity index (χ0) is 13.9. The number of aromatic nitrogens is 2. The van der Waals surface area contributed by atoms with Crippen LogP contribution in [0.4, 0.5) is 5.95 Å². The molecule has 106 valence electrons. The fourth-order valence-corrected chi connectivity index (χ4v) is 2.84. The Hall–Kier alpha value is -1.40. The molecule has 1 saturated heterocycles. The third kappa shape index (κ3) is 2.86. The van der Waals surface area contributed by atoms with Crippen LogP contribution in [0.3, 0.4) is 0 Å². The largest absolute Gasteiger partial charge is 0.448 e. The molecule has 20 heavy (non-hydrogen) atoms. The minimum atomic E-state index is 0.536. The first-order chi connectivity index (χ1) is 9.76. The summed E-state index contributed by atoms with van der Waals surface area (Å²) >= 11 is 3.31. The van der Waals surface area contributed by atoms with Gasteiger partial charge in [0, 0.05) is 19.3 Å². The molecule has 1 fully saturated rings. The lowest BCUT2D eigenvalue weighted by molar-refractivity contribution is 0.419. The Morgan fingerprint density at radius 1 is 1.40 bits per heavy atom. The van der Waals surface area contributed by atoms with Gasteiger partial charge in [-0.05, 0) is 59.4 Å². The summed E-state index contributed by atoms with van der Waals surface area (Å²) in [6.07, 6.45) is 4.11. The van der Waals surface area contributed by atoms with Crippen molar-refractivity contribution in [3.8, 4) is 11.5 Å². The third-order valence-electron chi connectivity index (χ3n) is 3.60. The Kier molecular flexibility index (Phi) is 4.03. The first kappa shape index (κ1) is 13.6. The van der Waals surface area contributed by atoms with Crippen LogP contribution >= 0.6 is 15.9 Å². The molecule has 0 amide bonds. The van der Waals surface area contributed by atoms with Crippen LogP contribution in [0.2, 0.25) is 0 Å². The fraction of sp³-hybridized carbons (Fsp3) is 0.429. The maximum atomic E-state index is 5.78. The number of halogens is 1. The summed E-state index contributed by atoms with van der Waals surface area (Å²) in [5.74, 6) is 2.04. The minimum Gasteiger partial charge on any atom is -0.448 e. The summed E-state index contributed by atoms with van der Waals surface area (Å²) < 4.78 is 6.24. The van der Waals surface area contributed by atoms with Gasteiger partial charge in [-0.2, -0.15) is 0 Å². The summed E-state index contributed by atoms with van der Waals surface area (Å²) in [5.41, 5.74) is 6.58. The van der Waals surface area contributed by atoms with Gasteiger partial charge in [0.1, 0.15) is 5.69 Å². The van der Waals surface area contributed by atoms with Crippen LogP contribution in [0.1, 0.15) is 12.8 Å². The number of furan rings is 1. The molecule has 2 aromatic heterocycles. The lowest BCUT2D eigenvalue weighted by atomic mass is 9.99. The van der Waals surface area contributed by atoms with E-state index in [1.807, 2.05) is 18.2 Å². The van der Waals surface area contributed by atoms with Gasteiger partial charge in [0.25, 0.3) is 0 Å². The quantitative estimate of drug-likeness (QED) is 0.933. The fourth-order valence-electron chi connectivity index (χ4n) is 2.53. The number of nitrogens with two attached hydrogens (primary N) is 1. The van der Waals surface area contributed by atoms with Gasteiger partial charge in [-0.1, -0.05) is 0 Å². The van der Waals surface area contributed by atoms with Crippen molar-refractivity contribution in [2.45, 2.75) is 12.8 Å². The van der Waals surface area contributed by atoms with Crippen molar-refractivity contribution in [1.29, 1.82) is 0 Å². The molecule has 5 nitrogen and oxygen atoms in total. The lowest BCUT2D eigenvalue weighted by Crippen LogP contribution is -2.39. The molecule has 1 unspecified atom stereocenters. The molecule has 0 aliphatic carbocycles. The van der Waals surface area contributed by atoms with Crippen LogP contribution in [0.5, 0.6) is 0 Å². The van der Waals surface area contributed by atoms with E-state index in [1.165, 1.54) is 6.42 Å². The Morgan fingerprint density at radius 2 is 2.30 bits per heavy atom. The first-order valence-electron chi connectivity index (χ1n) is 6.80. The van der Waals surface area contributed by atoms with Gasteiger partial charge >= 0.3 is 0 Å². The summed E-state index contributed by atoms with van der Waals surface area (Å²) in [4.78, 5) is 11.2. The number of piperidine rings is 1. The minimum absolute atomic E-state index is 0.536. The summed E-state index contributed by atoms with van der Waals surface area (Å²) in [5, 5.41) is 0. The predicted molar refractivity (Wildman–Crippen MR) is 81.4 cm³/mol. The summed E-state index contributed by atoms with van der Waals surface area (Å²) in [7, 11) is 0. The highest BCUT2D eigenvalue weighted by atomic mass is 79.9. The number of rotatable bonds is 3. The molecule has 1 aliphatic heterocycles. The van der Waals surface area contributed by atoms with E-state index in [0.29, 0.717) is 10.6 Å². The van der Waals surface area contributed by atoms with E-state index in [1.54, 1.807) is 6.20 Å². The second kappa shape index (κ2) is 5.93. The van der Waals surface area contributed by atoms with E-state index < -0.39 is 0 Å². The van der Waals surface area contributed by atoms with Crippen molar-refractivity contribution in [2.24, 2.45) is 11.7 Å². The average Bonchev–Trinajstić information content (AvgIpc) is 2.94. The highest BCUT2D eigenvalue weighted by Crippen LogP contribution is 2.25. The normalized spacial score (nSPS) is 19.3. The zero-order valence-electron chi connectivity index (χ0n) is 11.1. The second-order valence-corrected chi connectivity index (χ2v) is 5.82. The molecule has 1 aliphatic rings. The Bertz CT molecular complexity index is 586. The van der Waals surface area contributed by atoms with Crippen LogP contribution in [0.25, 0.3) is 11.5 Å². The maximum Gasteiger partial charge on any atom is 0.225 e. The van der Waals surface area contributed by atoms with E-state index in [0.717, 1.165) is 43.5 Å². The van der Waals surface area contributed by atoms with Gasteiger partial charge in [0.05, 0.1) is 0 Å². The molecule has 0 saturated carbocycles. The summed E-state index contributed by atoms with van der Waals surface area (Å²) in [6, 6.07) is 5.62. The second-order valence-electron chi connectivity index (χ2n) is 5.04. The van der Waals surface area contributed by atoms with E-state index in [4.69, 9.17) is 10.2 Å². The third-order valence-corrected chi connectivity index (χ3v) is 4.03.